The van der Waals surface area contributed by atoms with Gasteiger partial charge in [-0.15, -0.1) is 0 Å². The summed E-state index contributed by atoms with van der Waals surface area (Å²) in [5.41, 5.74) is 2.28. The molecular weight excluding hydrogens is 426 g/mol. The molecule has 0 unspecified atom stereocenters. The van der Waals surface area contributed by atoms with Gasteiger partial charge in [0.25, 0.3) is 5.71 Å². The molecule has 2 aromatic carbocycles. The Morgan fingerprint density at radius 1 is 0.971 bits per heavy atom. The summed E-state index contributed by atoms with van der Waals surface area (Å²) in [5.74, 6) is 1.88. The van der Waals surface area contributed by atoms with E-state index in [-0.39, 0.29) is 5.91 Å². The van der Waals surface area contributed by atoms with Gasteiger partial charge in [0.05, 0.1) is 0 Å². The maximum Gasteiger partial charge on any atom is 0.263 e. The van der Waals surface area contributed by atoms with Crippen LogP contribution in [0.1, 0.15) is 45.4 Å². The largest absolute Gasteiger partial charge is 0.352 e. The van der Waals surface area contributed by atoms with Crippen molar-refractivity contribution in [2.75, 3.05) is 31.1 Å². The molecule has 4 aromatic rings. The van der Waals surface area contributed by atoms with Crippen molar-refractivity contribution < 1.29 is 9.32 Å². The lowest BCUT2D eigenvalue weighted by Gasteiger charge is -2.35. The zero-order chi connectivity index (χ0) is 23.5. The van der Waals surface area contributed by atoms with Gasteiger partial charge in [-0.05, 0) is 29.7 Å². The first-order valence-electron chi connectivity index (χ1n) is 12.4. The number of carbonyl (C=O) groups excluding carboxylic acids is 1. The van der Waals surface area contributed by atoms with Gasteiger partial charge in [0.15, 0.2) is 0 Å². The molecule has 0 radical (unpaired) electrons. The summed E-state index contributed by atoms with van der Waals surface area (Å²) in [5, 5.41) is 7.62. The van der Waals surface area contributed by atoms with Crippen LogP contribution in [0.5, 0.6) is 0 Å². The normalized spacial score (nSPS) is 14.3. The Morgan fingerprint density at radius 3 is 2.53 bits per heavy atom. The molecule has 0 spiro atoms. The number of aryl methyl sites for hydroxylation is 1. The Kier molecular flexibility index (Phi) is 6.43. The van der Waals surface area contributed by atoms with Gasteiger partial charge in [0.1, 0.15) is 22.7 Å². The van der Waals surface area contributed by atoms with Crippen LogP contribution in [0.4, 0.5) is 5.82 Å². The van der Waals surface area contributed by atoms with Crippen molar-refractivity contribution in [1.82, 2.24) is 20.0 Å². The number of fused-ring (bicyclic) bond motifs is 2. The fourth-order valence-electron chi connectivity index (χ4n) is 4.63. The highest BCUT2D eigenvalue weighted by molar-refractivity contribution is 6.00. The van der Waals surface area contributed by atoms with Crippen LogP contribution in [0, 0.1) is 0 Å². The topological polar surface area (TPSA) is 75.4 Å². The molecule has 5 rings (SSSR count). The molecule has 1 amide bonds. The molecule has 176 valence electrons. The number of unbranched alkanes of at least 4 members (excludes halogenated alkanes) is 1. The Balaban J connectivity index is 1.51. The molecule has 0 aliphatic carbocycles. The zero-order valence-corrected chi connectivity index (χ0v) is 20.0. The quantitative estimate of drug-likeness (QED) is 0.378. The van der Waals surface area contributed by atoms with E-state index < -0.39 is 0 Å². The number of rotatable bonds is 7. The van der Waals surface area contributed by atoms with Crippen molar-refractivity contribution in [2.45, 2.75) is 46.0 Å². The fourth-order valence-corrected chi connectivity index (χ4v) is 4.63. The van der Waals surface area contributed by atoms with Crippen molar-refractivity contribution >= 4 is 33.6 Å². The van der Waals surface area contributed by atoms with Crippen molar-refractivity contribution in [1.29, 1.82) is 0 Å². The first-order valence-corrected chi connectivity index (χ1v) is 12.4. The third-order valence-electron chi connectivity index (χ3n) is 6.54. The summed E-state index contributed by atoms with van der Waals surface area (Å²) in [4.78, 5) is 26.4. The summed E-state index contributed by atoms with van der Waals surface area (Å²) < 4.78 is 5.75. The smallest absolute Gasteiger partial charge is 0.263 e. The second-order valence-corrected chi connectivity index (χ2v) is 8.96. The molecule has 0 bridgehead atoms. The molecule has 7 heteroatoms. The van der Waals surface area contributed by atoms with Crippen LogP contribution < -0.4 is 4.90 Å². The van der Waals surface area contributed by atoms with Crippen LogP contribution in [-0.4, -0.2) is 52.1 Å². The van der Waals surface area contributed by atoms with Gasteiger partial charge in [-0.3, -0.25) is 4.79 Å². The minimum Gasteiger partial charge on any atom is -0.352 e. The lowest BCUT2D eigenvalue weighted by atomic mass is 10.0. The molecule has 3 heterocycles. The molecule has 1 fully saturated rings. The van der Waals surface area contributed by atoms with Crippen molar-refractivity contribution in [2.24, 2.45) is 0 Å². The molecule has 7 nitrogen and oxygen atoms in total. The lowest BCUT2D eigenvalue weighted by molar-refractivity contribution is -0.131. The van der Waals surface area contributed by atoms with Gasteiger partial charge in [-0.25, -0.2) is 4.98 Å². The van der Waals surface area contributed by atoms with Crippen LogP contribution >= 0.6 is 0 Å². The summed E-state index contributed by atoms with van der Waals surface area (Å²) in [6.07, 6.45) is 4.35. The number of hydrogen-bond acceptors (Lipinski definition) is 6. The average Bonchev–Trinajstić information content (AvgIpc) is 3.31. The Morgan fingerprint density at radius 2 is 1.76 bits per heavy atom. The van der Waals surface area contributed by atoms with Crippen LogP contribution in [0.2, 0.25) is 0 Å². The second kappa shape index (κ2) is 9.79. The number of benzene rings is 2. The number of piperazine rings is 1. The van der Waals surface area contributed by atoms with Crippen LogP contribution in [-0.2, 0) is 11.2 Å². The zero-order valence-electron chi connectivity index (χ0n) is 20.0. The molecule has 1 aliphatic heterocycles. The molecule has 1 saturated heterocycles. The Bertz CT molecular complexity index is 1310. The molecule has 1 aliphatic rings. The van der Waals surface area contributed by atoms with Gasteiger partial charge >= 0.3 is 0 Å². The van der Waals surface area contributed by atoms with E-state index in [1.54, 1.807) is 0 Å². The lowest BCUT2D eigenvalue weighted by Crippen LogP contribution is -2.49. The van der Waals surface area contributed by atoms with E-state index in [0.717, 1.165) is 72.4 Å². The van der Waals surface area contributed by atoms with E-state index in [9.17, 15) is 4.79 Å². The molecule has 0 saturated carbocycles. The summed E-state index contributed by atoms with van der Waals surface area (Å²) in [6, 6.07) is 14.6. The van der Waals surface area contributed by atoms with E-state index in [4.69, 9.17) is 9.51 Å². The third-order valence-corrected chi connectivity index (χ3v) is 6.54. The van der Waals surface area contributed by atoms with E-state index in [1.165, 1.54) is 5.39 Å². The predicted molar refractivity (Wildman–Crippen MR) is 135 cm³/mol. The van der Waals surface area contributed by atoms with Gasteiger partial charge in [-0.2, -0.15) is 4.98 Å². The molecule has 0 atom stereocenters. The highest BCUT2D eigenvalue weighted by atomic mass is 16.5. The van der Waals surface area contributed by atoms with Crippen molar-refractivity contribution in [3.8, 4) is 11.3 Å². The van der Waals surface area contributed by atoms with Crippen LogP contribution in [0.3, 0.4) is 0 Å². The van der Waals surface area contributed by atoms with Crippen molar-refractivity contribution in [3.05, 3.63) is 48.3 Å². The number of carbonyl (C=O) groups is 1. The van der Waals surface area contributed by atoms with Crippen LogP contribution in [0.15, 0.2) is 47.0 Å². The van der Waals surface area contributed by atoms with Crippen molar-refractivity contribution in [3.63, 3.8) is 0 Å². The maximum atomic E-state index is 12.5. The molecule has 2 aromatic heterocycles. The van der Waals surface area contributed by atoms with Gasteiger partial charge in [0.2, 0.25) is 5.91 Å². The van der Waals surface area contributed by atoms with Gasteiger partial charge in [-0.1, -0.05) is 61.8 Å². The Labute approximate surface area is 199 Å². The molecule has 34 heavy (non-hydrogen) atoms. The average molecular weight is 458 g/mol. The van der Waals surface area contributed by atoms with Gasteiger partial charge in [0, 0.05) is 44.6 Å². The number of hydrogen-bond donors (Lipinski definition) is 0. The number of aromatic nitrogens is 3. The Hall–Kier alpha value is -3.48. The third kappa shape index (κ3) is 4.34. The number of nitrogens with zero attached hydrogens (tertiary/aromatic N) is 5. The first-order chi connectivity index (χ1) is 16.7. The standard InChI is InChI=1S/C27H31N5O2/c1-3-5-11-23(33)31-14-16-32(17-15-31)26-24-25(30-34-27(24)29-22(28-26)8-4-2)21-13-12-19-9-6-7-10-20(19)18-21/h6-7,9-10,12-13,18H,3-5,8,11,14-17H2,1-2H3. The second-order valence-electron chi connectivity index (χ2n) is 8.96. The minimum atomic E-state index is 0.253. The predicted octanol–water partition coefficient (Wildman–Crippen LogP) is 5.23. The monoisotopic (exact) mass is 457 g/mol. The van der Waals surface area contributed by atoms with E-state index in [1.807, 2.05) is 17.0 Å². The fraction of sp³-hybridized carbons (Fsp3) is 0.407. The number of amides is 1. The summed E-state index contributed by atoms with van der Waals surface area (Å²) >= 11 is 0. The first kappa shape index (κ1) is 22.3. The summed E-state index contributed by atoms with van der Waals surface area (Å²) in [6.45, 7) is 7.11. The van der Waals surface area contributed by atoms with E-state index >= 15 is 0 Å². The SMILES string of the molecule is CCCCC(=O)N1CCN(c2nc(CCC)nc3onc(-c4ccc5ccccc5c4)c23)CC1. The molecule has 0 N–H and O–H groups in total. The highest BCUT2D eigenvalue weighted by Crippen LogP contribution is 2.35. The summed E-state index contributed by atoms with van der Waals surface area (Å²) in [7, 11) is 0. The number of anilines is 1. The maximum absolute atomic E-state index is 12.5. The van der Waals surface area contributed by atoms with Gasteiger partial charge < -0.3 is 14.3 Å². The van der Waals surface area contributed by atoms with E-state index in [0.29, 0.717) is 25.2 Å². The van der Waals surface area contributed by atoms with Crippen LogP contribution in [0.25, 0.3) is 33.1 Å². The van der Waals surface area contributed by atoms with E-state index in [2.05, 4.69) is 59.2 Å². The minimum absolute atomic E-state index is 0.253. The molecular formula is C27H31N5O2. The highest BCUT2D eigenvalue weighted by Gasteiger charge is 2.27.